The molecule has 35 heavy (non-hydrogen) atoms. The topological polar surface area (TPSA) is 49.4 Å². The summed E-state index contributed by atoms with van der Waals surface area (Å²) < 4.78 is 28.8. The van der Waals surface area contributed by atoms with Gasteiger partial charge < -0.3 is 5.32 Å². The molecule has 1 aromatic rings. The van der Waals surface area contributed by atoms with Gasteiger partial charge in [0.1, 0.15) is 0 Å². The quantitative estimate of drug-likeness (QED) is 0.338. The fourth-order valence-corrected chi connectivity index (χ4v) is 8.11. The van der Waals surface area contributed by atoms with Crippen molar-refractivity contribution in [3.05, 3.63) is 53.1 Å². The lowest BCUT2D eigenvalue weighted by atomic mass is 9.54. The molecule has 0 radical (unpaired) electrons. The molecule has 4 nitrogen and oxygen atoms in total. The zero-order valence-corrected chi connectivity index (χ0v) is 23.6. The molecule has 0 aliphatic heterocycles. The van der Waals surface area contributed by atoms with Gasteiger partial charge in [-0.25, -0.2) is 8.42 Å². The maximum absolute atomic E-state index is 13.5. The SMILES string of the molecule is CC(C)=CCC/C(C)=C/CN(CCNC1C2CC3CC(C2)CC1C3)S(=O)(=O)c1ccc(C)cc1.Cl. The Hall–Kier alpha value is -1.14. The molecule has 4 aliphatic rings. The summed E-state index contributed by atoms with van der Waals surface area (Å²) in [5.74, 6) is 3.52. The summed E-state index contributed by atoms with van der Waals surface area (Å²) in [5, 5.41) is 3.83. The number of nitrogens with zero attached hydrogens (tertiary/aromatic N) is 1. The van der Waals surface area contributed by atoms with E-state index in [9.17, 15) is 8.42 Å². The monoisotopic (exact) mass is 520 g/mol. The van der Waals surface area contributed by atoms with Crippen LogP contribution in [0.25, 0.3) is 0 Å². The molecule has 4 fully saturated rings. The molecule has 5 rings (SSSR count). The summed E-state index contributed by atoms with van der Waals surface area (Å²) >= 11 is 0. The van der Waals surface area contributed by atoms with Crippen molar-refractivity contribution in [2.24, 2.45) is 23.7 Å². The van der Waals surface area contributed by atoms with Crippen molar-refractivity contribution < 1.29 is 8.42 Å². The third kappa shape index (κ3) is 7.21. The van der Waals surface area contributed by atoms with Crippen LogP contribution in [0.4, 0.5) is 0 Å². The predicted molar refractivity (Wildman–Crippen MR) is 148 cm³/mol. The molecule has 4 bridgehead atoms. The number of sulfonamides is 1. The van der Waals surface area contributed by atoms with E-state index in [4.69, 9.17) is 0 Å². The standard InChI is InChI=1S/C29H44N2O2S.ClH/c1-21(2)6-5-7-22(3)12-14-31(34(32,33)28-10-8-23(4)9-11-28)15-13-30-29-26-17-24-16-25(19-26)20-27(29)18-24;/h6,8-12,24-27,29-30H,5,7,13-20H2,1-4H3;1H/b22-12+;. The van der Waals surface area contributed by atoms with Gasteiger partial charge in [-0.3, -0.25) is 0 Å². The zero-order valence-electron chi connectivity index (χ0n) is 22.0. The lowest BCUT2D eigenvalue weighted by Crippen LogP contribution is -2.55. The number of halogens is 1. The van der Waals surface area contributed by atoms with Crippen molar-refractivity contribution in [1.29, 1.82) is 0 Å². The van der Waals surface area contributed by atoms with Gasteiger partial charge in [0.25, 0.3) is 0 Å². The van der Waals surface area contributed by atoms with Crippen LogP contribution in [0.2, 0.25) is 0 Å². The molecule has 0 spiro atoms. The number of benzene rings is 1. The van der Waals surface area contributed by atoms with Gasteiger partial charge in [0.15, 0.2) is 0 Å². The van der Waals surface area contributed by atoms with Gasteiger partial charge in [-0.2, -0.15) is 4.31 Å². The van der Waals surface area contributed by atoms with Crippen LogP contribution in [0, 0.1) is 30.6 Å². The minimum absolute atomic E-state index is 0. The largest absolute Gasteiger partial charge is 0.312 e. The van der Waals surface area contributed by atoms with Crippen LogP contribution in [0.5, 0.6) is 0 Å². The molecule has 1 aromatic carbocycles. The van der Waals surface area contributed by atoms with E-state index in [0.717, 1.165) is 48.6 Å². The van der Waals surface area contributed by atoms with Crippen molar-refractivity contribution >= 4 is 22.4 Å². The Bertz CT molecular complexity index is 968. The van der Waals surface area contributed by atoms with Gasteiger partial charge in [-0.15, -0.1) is 12.4 Å². The van der Waals surface area contributed by atoms with E-state index < -0.39 is 10.0 Å². The Morgan fingerprint density at radius 3 is 2.14 bits per heavy atom. The summed E-state index contributed by atoms with van der Waals surface area (Å²) in [7, 11) is -3.53. The molecule has 1 N–H and O–H groups in total. The van der Waals surface area contributed by atoms with E-state index in [1.807, 2.05) is 19.1 Å². The average Bonchev–Trinajstić information content (AvgIpc) is 2.77. The van der Waals surface area contributed by atoms with Crippen molar-refractivity contribution in [3.8, 4) is 0 Å². The molecule has 6 heteroatoms. The Morgan fingerprint density at radius 2 is 1.57 bits per heavy atom. The molecule has 0 unspecified atom stereocenters. The molecule has 4 saturated carbocycles. The highest BCUT2D eigenvalue weighted by Gasteiger charge is 2.47. The summed E-state index contributed by atoms with van der Waals surface area (Å²) in [5.41, 5.74) is 3.65. The summed E-state index contributed by atoms with van der Waals surface area (Å²) in [4.78, 5) is 0.392. The Kier molecular flexibility index (Phi) is 10.1. The maximum atomic E-state index is 13.5. The molecular formula is C29H45ClN2O2S. The van der Waals surface area contributed by atoms with Crippen LogP contribution in [-0.4, -0.2) is 38.4 Å². The van der Waals surface area contributed by atoms with Gasteiger partial charge >= 0.3 is 0 Å². The van der Waals surface area contributed by atoms with E-state index >= 15 is 0 Å². The van der Waals surface area contributed by atoms with Crippen LogP contribution >= 0.6 is 12.4 Å². The van der Waals surface area contributed by atoms with Crippen molar-refractivity contribution in [2.75, 3.05) is 19.6 Å². The second kappa shape index (κ2) is 12.4. The zero-order chi connectivity index (χ0) is 24.3. The van der Waals surface area contributed by atoms with Crippen molar-refractivity contribution in [2.45, 2.75) is 83.6 Å². The van der Waals surface area contributed by atoms with E-state index in [0.29, 0.717) is 24.0 Å². The van der Waals surface area contributed by atoms with E-state index in [2.05, 4.69) is 38.2 Å². The number of hydrogen-bond acceptors (Lipinski definition) is 3. The van der Waals surface area contributed by atoms with Gasteiger partial charge in [0, 0.05) is 25.7 Å². The highest BCUT2D eigenvalue weighted by Crippen LogP contribution is 2.53. The number of aryl methyl sites for hydroxylation is 1. The summed E-state index contributed by atoms with van der Waals surface area (Å²) in [6, 6.07) is 7.84. The molecule has 0 atom stereocenters. The molecule has 4 aliphatic carbocycles. The van der Waals surface area contributed by atoms with E-state index in [1.165, 1.54) is 43.3 Å². The second-order valence-corrected chi connectivity index (χ2v) is 13.4. The van der Waals surface area contributed by atoms with Gasteiger partial charge in [-0.05, 0) is 108 Å². The van der Waals surface area contributed by atoms with Crippen LogP contribution in [0.3, 0.4) is 0 Å². The summed E-state index contributed by atoms with van der Waals surface area (Å²) in [6.45, 7) is 10.0. The molecule has 0 saturated heterocycles. The normalized spacial score (nSPS) is 27.7. The first-order valence-corrected chi connectivity index (χ1v) is 14.8. The van der Waals surface area contributed by atoms with Crippen molar-refractivity contribution in [3.63, 3.8) is 0 Å². The average molecular weight is 521 g/mol. The molecule has 196 valence electrons. The third-order valence-electron chi connectivity index (χ3n) is 8.36. The number of hydrogen-bond donors (Lipinski definition) is 1. The fraction of sp³-hybridized carbons (Fsp3) is 0.655. The highest BCUT2D eigenvalue weighted by molar-refractivity contribution is 7.89. The van der Waals surface area contributed by atoms with Crippen LogP contribution in [0.1, 0.15) is 71.3 Å². The van der Waals surface area contributed by atoms with Gasteiger partial charge in [0.05, 0.1) is 4.90 Å². The fourth-order valence-electron chi connectivity index (χ4n) is 6.73. The maximum Gasteiger partial charge on any atom is 0.243 e. The first-order valence-electron chi connectivity index (χ1n) is 13.3. The Balaban J connectivity index is 0.00000342. The number of nitrogens with one attached hydrogen (secondary N) is 1. The second-order valence-electron chi connectivity index (χ2n) is 11.5. The van der Waals surface area contributed by atoms with Gasteiger partial charge in [-0.1, -0.05) is 41.0 Å². The lowest BCUT2D eigenvalue weighted by molar-refractivity contribution is -0.0136. The molecule has 0 amide bonds. The molecule has 0 aromatic heterocycles. The van der Waals surface area contributed by atoms with Gasteiger partial charge in [0.2, 0.25) is 10.0 Å². The minimum atomic E-state index is -3.53. The van der Waals surface area contributed by atoms with Crippen LogP contribution < -0.4 is 5.32 Å². The predicted octanol–water partition coefficient (Wildman–Crippen LogP) is 6.51. The first-order chi connectivity index (χ1) is 16.2. The summed E-state index contributed by atoms with van der Waals surface area (Å²) in [6.07, 6.45) is 13.3. The van der Waals surface area contributed by atoms with E-state index in [1.54, 1.807) is 16.4 Å². The molecular weight excluding hydrogens is 476 g/mol. The minimum Gasteiger partial charge on any atom is -0.312 e. The Labute approximate surface area is 220 Å². The lowest BCUT2D eigenvalue weighted by Gasteiger charge is -2.54. The first kappa shape index (κ1) is 28.4. The highest BCUT2D eigenvalue weighted by atomic mass is 35.5. The Morgan fingerprint density at radius 1 is 0.971 bits per heavy atom. The third-order valence-corrected chi connectivity index (χ3v) is 10.2. The van der Waals surface area contributed by atoms with E-state index in [-0.39, 0.29) is 12.4 Å². The van der Waals surface area contributed by atoms with Crippen molar-refractivity contribution in [1.82, 2.24) is 9.62 Å². The molecule has 0 heterocycles. The smallest absolute Gasteiger partial charge is 0.243 e. The number of allylic oxidation sites excluding steroid dienone is 3. The van der Waals surface area contributed by atoms with Crippen LogP contribution in [-0.2, 0) is 10.0 Å². The van der Waals surface area contributed by atoms with Crippen LogP contribution in [0.15, 0.2) is 52.5 Å². The number of rotatable bonds is 11.